The monoisotopic (exact) mass is 324 g/mol. The summed E-state index contributed by atoms with van der Waals surface area (Å²) in [6.07, 6.45) is 0.368. The van der Waals surface area contributed by atoms with Gasteiger partial charge in [0.2, 0.25) is 0 Å². The SMILES string of the molecule is O=C(NCCCO)C(=O)Nc1cc(Cl)c(Cl)cc1Cl. The second-order valence-electron chi connectivity index (χ2n) is 3.53. The second-order valence-corrected chi connectivity index (χ2v) is 4.75. The molecule has 0 bridgehead atoms. The van der Waals surface area contributed by atoms with Gasteiger partial charge in [-0.2, -0.15) is 0 Å². The van der Waals surface area contributed by atoms with Crippen molar-refractivity contribution in [1.82, 2.24) is 5.32 Å². The van der Waals surface area contributed by atoms with Gasteiger partial charge in [0.25, 0.3) is 0 Å². The summed E-state index contributed by atoms with van der Waals surface area (Å²) in [6.45, 7) is 0.137. The molecule has 0 unspecified atom stereocenters. The summed E-state index contributed by atoms with van der Waals surface area (Å²) in [4.78, 5) is 22.9. The first kappa shape index (κ1) is 16.0. The highest BCUT2D eigenvalue weighted by Gasteiger charge is 2.15. The van der Waals surface area contributed by atoms with Crippen LogP contribution in [0.5, 0.6) is 0 Å². The summed E-state index contributed by atoms with van der Waals surface area (Å²) in [6, 6.07) is 2.72. The van der Waals surface area contributed by atoms with Crippen molar-refractivity contribution in [1.29, 1.82) is 0 Å². The molecular formula is C11H11Cl3N2O3. The van der Waals surface area contributed by atoms with Crippen LogP contribution in [-0.4, -0.2) is 30.1 Å². The summed E-state index contributed by atoms with van der Waals surface area (Å²) in [7, 11) is 0. The summed E-state index contributed by atoms with van der Waals surface area (Å²) < 4.78 is 0. The Labute approximate surface area is 124 Å². The third kappa shape index (κ3) is 4.87. The van der Waals surface area contributed by atoms with Crippen LogP contribution in [0.1, 0.15) is 6.42 Å². The molecule has 0 atom stereocenters. The van der Waals surface area contributed by atoms with Gasteiger partial charge in [-0.1, -0.05) is 34.8 Å². The maximum absolute atomic E-state index is 11.5. The van der Waals surface area contributed by atoms with E-state index >= 15 is 0 Å². The topological polar surface area (TPSA) is 78.4 Å². The van der Waals surface area contributed by atoms with E-state index in [9.17, 15) is 9.59 Å². The fourth-order valence-electron chi connectivity index (χ4n) is 1.16. The average Bonchev–Trinajstić information content (AvgIpc) is 2.36. The minimum Gasteiger partial charge on any atom is -0.396 e. The van der Waals surface area contributed by atoms with Crippen LogP contribution in [-0.2, 0) is 9.59 Å². The summed E-state index contributed by atoms with van der Waals surface area (Å²) in [5, 5.41) is 13.8. The number of halogens is 3. The number of amides is 2. The van der Waals surface area contributed by atoms with Crippen molar-refractivity contribution in [3.63, 3.8) is 0 Å². The first-order valence-electron chi connectivity index (χ1n) is 5.30. The number of nitrogens with one attached hydrogen (secondary N) is 2. The maximum Gasteiger partial charge on any atom is 0.313 e. The van der Waals surface area contributed by atoms with Crippen LogP contribution >= 0.6 is 34.8 Å². The predicted octanol–water partition coefficient (Wildman–Crippen LogP) is 2.08. The van der Waals surface area contributed by atoms with E-state index in [1.165, 1.54) is 12.1 Å². The van der Waals surface area contributed by atoms with Crippen molar-refractivity contribution in [2.24, 2.45) is 0 Å². The van der Waals surface area contributed by atoms with Gasteiger partial charge in [0.1, 0.15) is 0 Å². The van der Waals surface area contributed by atoms with Crippen molar-refractivity contribution < 1.29 is 14.7 Å². The Hall–Kier alpha value is -1.01. The molecule has 0 aromatic heterocycles. The first-order valence-corrected chi connectivity index (χ1v) is 6.43. The Bertz CT molecular complexity index is 494. The minimum absolute atomic E-state index is 0.0689. The second kappa shape index (κ2) is 7.55. The van der Waals surface area contributed by atoms with E-state index < -0.39 is 11.8 Å². The zero-order valence-electron chi connectivity index (χ0n) is 9.67. The van der Waals surface area contributed by atoms with Crippen molar-refractivity contribution in [2.75, 3.05) is 18.5 Å². The van der Waals surface area contributed by atoms with Crippen molar-refractivity contribution in [3.05, 3.63) is 27.2 Å². The number of aliphatic hydroxyl groups is 1. The van der Waals surface area contributed by atoms with Crippen molar-refractivity contribution in [2.45, 2.75) is 6.42 Å². The molecule has 2 amide bonds. The summed E-state index contributed by atoms with van der Waals surface area (Å²) in [5.74, 6) is -1.70. The Morgan fingerprint density at radius 1 is 1.05 bits per heavy atom. The number of benzene rings is 1. The van der Waals surface area contributed by atoms with Gasteiger partial charge < -0.3 is 15.7 Å². The number of carbonyl (C=O) groups is 2. The molecular weight excluding hydrogens is 314 g/mol. The van der Waals surface area contributed by atoms with Gasteiger partial charge in [0, 0.05) is 13.2 Å². The highest BCUT2D eigenvalue weighted by Crippen LogP contribution is 2.32. The van der Waals surface area contributed by atoms with Crippen LogP contribution in [0.2, 0.25) is 15.1 Å². The lowest BCUT2D eigenvalue weighted by molar-refractivity contribution is -0.136. The van der Waals surface area contributed by atoms with E-state index in [0.717, 1.165) is 0 Å². The van der Waals surface area contributed by atoms with Crippen LogP contribution in [0.15, 0.2) is 12.1 Å². The smallest absolute Gasteiger partial charge is 0.313 e. The fraction of sp³-hybridized carbons (Fsp3) is 0.273. The average molecular weight is 326 g/mol. The molecule has 0 heterocycles. The van der Waals surface area contributed by atoms with E-state index in [-0.39, 0.29) is 33.9 Å². The molecule has 0 spiro atoms. The molecule has 0 saturated heterocycles. The Kier molecular flexibility index (Phi) is 6.37. The van der Waals surface area contributed by atoms with Crippen molar-refractivity contribution in [3.8, 4) is 0 Å². The highest BCUT2D eigenvalue weighted by atomic mass is 35.5. The minimum atomic E-state index is -0.877. The largest absolute Gasteiger partial charge is 0.396 e. The predicted molar refractivity (Wildman–Crippen MR) is 74.8 cm³/mol. The number of aliphatic hydroxyl groups excluding tert-OH is 1. The molecule has 1 aromatic rings. The Morgan fingerprint density at radius 3 is 2.32 bits per heavy atom. The molecule has 1 aromatic carbocycles. The first-order chi connectivity index (χ1) is 8.95. The zero-order valence-corrected chi connectivity index (χ0v) is 11.9. The van der Waals surface area contributed by atoms with Gasteiger partial charge in [-0.25, -0.2) is 0 Å². The van der Waals surface area contributed by atoms with E-state index in [1.54, 1.807) is 0 Å². The highest BCUT2D eigenvalue weighted by molar-refractivity contribution is 6.45. The lowest BCUT2D eigenvalue weighted by Gasteiger charge is -2.08. The molecule has 0 saturated carbocycles. The fourth-order valence-corrected chi connectivity index (χ4v) is 1.75. The van der Waals surface area contributed by atoms with E-state index in [0.29, 0.717) is 6.42 Å². The summed E-state index contributed by atoms with van der Waals surface area (Å²) in [5.41, 5.74) is 0.193. The van der Waals surface area contributed by atoms with Gasteiger partial charge in [-0.15, -0.1) is 0 Å². The lowest BCUT2D eigenvalue weighted by atomic mass is 10.3. The maximum atomic E-state index is 11.5. The van der Waals surface area contributed by atoms with Crippen LogP contribution in [0.4, 0.5) is 5.69 Å². The molecule has 104 valence electrons. The van der Waals surface area contributed by atoms with Crippen LogP contribution < -0.4 is 10.6 Å². The number of carbonyl (C=O) groups excluding carboxylic acids is 2. The molecule has 0 aliphatic rings. The van der Waals surface area contributed by atoms with Crippen molar-refractivity contribution >= 4 is 52.3 Å². The third-order valence-corrected chi connectivity index (χ3v) is 3.12. The normalized spacial score (nSPS) is 10.1. The standard InChI is InChI=1S/C11H11Cl3N2O3/c12-6-4-8(14)9(5-7(6)13)16-11(19)10(18)15-2-1-3-17/h4-5,17H,1-3H2,(H,15,18)(H,16,19). The Morgan fingerprint density at radius 2 is 1.68 bits per heavy atom. The van der Waals surface area contributed by atoms with E-state index in [2.05, 4.69) is 10.6 Å². The molecule has 19 heavy (non-hydrogen) atoms. The molecule has 1 rings (SSSR count). The van der Waals surface area contributed by atoms with E-state index in [4.69, 9.17) is 39.9 Å². The van der Waals surface area contributed by atoms with Gasteiger partial charge in [0.05, 0.1) is 20.8 Å². The van der Waals surface area contributed by atoms with Crippen LogP contribution in [0, 0.1) is 0 Å². The van der Waals surface area contributed by atoms with Gasteiger partial charge in [0.15, 0.2) is 0 Å². The lowest BCUT2D eigenvalue weighted by Crippen LogP contribution is -2.36. The number of rotatable bonds is 4. The Balaban J connectivity index is 2.66. The number of hydrogen-bond donors (Lipinski definition) is 3. The van der Waals surface area contributed by atoms with Gasteiger partial charge in [-0.05, 0) is 18.6 Å². The van der Waals surface area contributed by atoms with Gasteiger partial charge >= 0.3 is 11.8 Å². The molecule has 5 nitrogen and oxygen atoms in total. The molecule has 0 aliphatic heterocycles. The molecule has 0 fully saturated rings. The number of anilines is 1. The number of hydrogen-bond acceptors (Lipinski definition) is 3. The quantitative estimate of drug-likeness (QED) is 0.450. The molecule has 0 radical (unpaired) electrons. The van der Waals surface area contributed by atoms with Crippen LogP contribution in [0.3, 0.4) is 0 Å². The molecule has 0 aliphatic carbocycles. The van der Waals surface area contributed by atoms with E-state index in [1.807, 2.05) is 0 Å². The van der Waals surface area contributed by atoms with Crippen LogP contribution in [0.25, 0.3) is 0 Å². The zero-order chi connectivity index (χ0) is 14.4. The third-order valence-electron chi connectivity index (χ3n) is 2.08. The molecule has 8 heteroatoms. The van der Waals surface area contributed by atoms with Gasteiger partial charge in [-0.3, -0.25) is 9.59 Å². The summed E-state index contributed by atoms with van der Waals surface area (Å²) >= 11 is 17.4. The molecule has 3 N–H and O–H groups in total.